The third-order valence-corrected chi connectivity index (χ3v) is 3.29. The predicted octanol–water partition coefficient (Wildman–Crippen LogP) is 1.87. The van der Waals surface area contributed by atoms with Gasteiger partial charge < -0.3 is 14.4 Å². The molecule has 1 atom stereocenters. The van der Waals surface area contributed by atoms with E-state index in [0.29, 0.717) is 12.2 Å². The second-order valence-corrected chi connectivity index (χ2v) is 4.57. The maximum absolute atomic E-state index is 11.5. The molecule has 1 saturated heterocycles. The molecule has 5 heteroatoms. The van der Waals surface area contributed by atoms with Gasteiger partial charge in [-0.2, -0.15) is 0 Å². The Bertz CT molecular complexity index is 419. The monoisotopic (exact) mass is 264 g/mol. The summed E-state index contributed by atoms with van der Waals surface area (Å²) in [5, 5.41) is 0. The van der Waals surface area contributed by atoms with Gasteiger partial charge in [-0.05, 0) is 31.9 Å². The number of carbonyl (C=O) groups excluding carboxylic acids is 1. The van der Waals surface area contributed by atoms with Crippen LogP contribution in [0.25, 0.3) is 0 Å². The van der Waals surface area contributed by atoms with E-state index in [1.807, 2.05) is 6.07 Å². The highest BCUT2D eigenvalue weighted by Gasteiger charge is 2.20. The van der Waals surface area contributed by atoms with E-state index >= 15 is 0 Å². The summed E-state index contributed by atoms with van der Waals surface area (Å²) in [6.07, 6.45) is 4.03. The Morgan fingerprint density at radius 3 is 3.00 bits per heavy atom. The van der Waals surface area contributed by atoms with Crippen LogP contribution in [-0.2, 0) is 9.47 Å². The first-order valence-electron chi connectivity index (χ1n) is 6.65. The van der Waals surface area contributed by atoms with Crippen LogP contribution in [0.2, 0.25) is 0 Å². The molecule has 5 nitrogen and oxygen atoms in total. The van der Waals surface area contributed by atoms with Gasteiger partial charge in [-0.3, -0.25) is 0 Å². The fourth-order valence-corrected chi connectivity index (χ4v) is 2.25. The molecule has 19 heavy (non-hydrogen) atoms. The zero-order valence-electron chi connectivity index (χ0n) is 11.5. The Morgan fingerprint density at radius 2 is 2.37 bits per heavy atom. The van der Waals surface area contributed by atoms with Gasteiger partial charge in [0.25, 0.3) is 0 Å². The van der Waals surface area contributed by atoms with Crippen molar-refractivity contribution >= 4 is 11.8 Å². The predicted molar refractivity (Wildman–Crippen MR) is 72.4 cm³/mol. The van der Waals surface area contributed by atoms with Crippen molar-refractivity contribution in [2.45, 2.75) is 25.9 Å². The lowest BCUT2D eigenvalue weighted by molar-refractivity contribution is 0.0526. The highest BCUT2D eigenvalue weighted by Crippen LogP contribution is 2.19. The quantitative estimate of drug-likeness (QED) is 0.777. The lowest BCUT2D eigenvalue weighted by atomic mass is 10.1. The van der Waals surface area contributed by atoms with Crippen LogP contribution in [0.5, 0.6) is 0 Å². The molecule has 1 fully saturated rings. The lowest BCUT2D eigenvalue weighted by Gasteiger charge is -2.32. The summed E-state index contributed by atoms with van der Waals surface area (Å²) >= 11 is 0. The van der Waals surface area contributed by atoms with E-state index in [0.717, 1.165) is 31.7 Å². The van der Waals surface area contributed by atoms with Gasteiger partial charge in [-0.15, -0.1) is 0 Å². The summed E-state index contributed by atoms with van der Waals surface area (Å²) in [6.45, 7) is 3.99. The van der Waals surface area contributed by atoms with E-state index in [1.54, 1.807) is 26.3 Å². The number of methoxy groups -OCH3 is 1. The van der Waals surface area contributed by atoms with Gasteiger partial charge >= 0.3 is 5.97 Å². The fourth-order valence-electron chi connectivity index (χ4n) is 2.25. The first kappa shape index (κ1) is 13.8. The van der Waals surface area contributed by atoms with Crippen LogP contribution in [-0.4, -0.2) is 43.9 Å². The van der Waals surface area contributed by atoms with Crippen LogP contribution in [0, 0.1) is 0 Å². The van der Waals surface area contributed by atoms with Crippen LogP contribution >= 0.6 is 0 Å². The summed E-state index contributed by atoms with van der Waals surface area (Å²) in [5.74, 6) is 0.560. The number of nitrogens with zero attached hydrogens (tertiary/aromatic N) is 2. The molecule has 1 aromatic rings. The summed E-state index contributed by atoms with van der Waals surface area (Å²) in [7, 11) is 1.74. The van der Waals surface area contributed by atoms with Crippen molar-refractivity contribution in [2.75, 3.05) is 31.7 Å². The molecule has 104 valence electrons. The van der Waals surface area contributed by atoms with Gasteiger partial charge in [0.2, 0.25) is 0 Å². The van der Waals surface area contributed by atoms with Crippen molar-refractivity contribution in [3.63, 3.8) is 0 Å². The summed E-state index contributed by atoms with van der Waals surface area (Å²) in [4.78, 5) is 18.1. The van der Waals surface area contributed by atoms with E-state index in [2.05, 4.69) is 9.88 Å². The molecule has 0 radical (unpaired) electrons. The number of piperidine rings is 1. The highest BCUT2D eigenvalue weighted by molar-refractivity contribution is 5.89. The first-order valence-corrected chi connectivity index (χ1v) is 6.65. The van der Waals surface area contributed by atoms with Crippen molar-refractivity contribution in [2.24, 2.45) is 0 Å². The van der Waals surface area contributed by atoms with Crippen LogP contribution in [0.3, 0.4) is 0 Å². The topological polar surface area (TPSA) is 51.7 Å². The molecule has 1 unspecified atom stereocenters. The van der Waals surface area contributed by atoms with Crippen LogP contribution in [0.1, 0.15) is 30.1 Å². The van der Waals surface area contributed by atoms with E-state index in [9.17, 15) is 4.79 Å². The average Bonchev–Trinajstić information content (AvgIpc) is 2.48. The van der Waals surface area contributed by atoms with Gasteiger partial charge in [-0.25, -0.2) is 9.78 Å². The zero-order valence-corrected chi connectivity index (χ0v) is 11.5. The highest BCUT2D eigenvalue weighted by atomic mass is 16.5. The summed E-state index contributed by atoms with van der Waals surface area (Å²) in [6, 6.07) is 3.63. The van der Waals surface area contributed by atoms with E-state index in [1.165, 1.54) is 0 Å². The second-order valence-electron chi connectivity index (χ2n) is 4.57. The minimum absolute atomic E-state index is 0.264. The third kappa shape index (κ3) is 3.44. The lowest BCUT2D eigenvalue weighted by Crippen LogP contribution is -2.39. The maximum Gasteiger partial charge on any atom is 0.339 e. The van der Waals surface area contributed by atoms with Gasteiger partial charge in [0, 0.05) is 26.4 Å². The van der Waals surface area contributed by atoms with E-state index in [4.69, 9.17) is 9.47 Å². The molecule has 1 aromatic heterocycles. The number of ether oxygens (including phenoxy) is 2. The van der Waals surface area contributed by atoms with Crippen LogP contribution in [0.15, 0.2) is 18.3 Å². The minimum atomic E-state index is -0.324. The maximum atomic E-state index is 11.5. The number of aromatic nitrogens is 1. The standard InChI is InChI=1S/C14H20N2O3/c1-3-19-14(17)11-6-7-13(15-9-11)16-8-4-5-12(10-16)18-2/h6-7,9,12H,3-5,8,10H2,1-2H3. The van der Waals surface area contributed by atoms with E-state index < -0.39 is 0 Å². The van der Waals surface area contributed by atoms with Crippen LogP contribution in [0.4, 0.5) is 5.82 Å². The molecule has 0 spiro atoms. The van der Waals surface area contributed by atoms with Crippen molar-refractivity contribution in [1.29, 1.82) is 0 Å². The molecule has 0 bridgehead atoms. The normalized spacial score (nSPS) is 19.3. The van der Waals surface area contributed by atoms with E-state index in [-0.39, 0.29) is 12.1 Å². The van der Waals surface area contributed by atoms with Gasteiger partial charge in [0.15, 0.2) is 0 Å². The second kappa shape index (κ2) is 6.52. The smallest absolute Gasteiger partial charge is 0.339 e. The number of hydrogen-bond donors (Lipinski definition) is 0. The molecule has 0 aromatic carbocycles. The first-order chi connectivity index (χ1) is 9.24. The molecule has 0 aliphatic carbocycles. The van der Waals surface area contributed by atoms with Gasteiger partial charge in [0.05, 0.1) is 18.3 Å². The molecule has 2 heterocycles. The van der Waals surface area contributed by atoms with Gasteiger partial charge in [-0.1, -0.05) is 0 Å². The molecule has 0 N–H and O–H groups in total. The third-order valence-electron chi connectivity index (χ3n) is 3.29. The number of esters is 1. The Morgan fingerprint density at radius 1 is 1.53 bits per heavy atom. The Hall–Kier alpha value is -1.62. The van der Waals surface area contributed by atoms with Crippen molar-refractivity contribution in [3.8, 4) is 0 Å². The number of hydrogen-bond acceptors (Lipinski definition) is 5. The molecule has 2 rings (SSSR count). The summed E-state index contributed by atoms with van der Waals surface area (Å²) < 4.78 is 10.3. The van der Waals surface area contributed by atoms with Crippen molar-refractivity contribution < 1.29 is 14.3 Å². The number of carbonyl (C=O) groups is 1. The Kier molecular flexibility index (Phi) is 4.74. The SMILES string of the molecule is CCOC(=O)c1ccc(N2CCCC(OC)C2)nc1. The number of pyridine rings is 1. The van der Waals surface area contributed by atoms with Crippen molar-refractivity contribution in [3.05, 3.63) is 23.9 Å². The van der Waals surface area contributed by atoms with Crippen molar-refractivity contribution in [1.82, 2.24) is 4.98 Å². The molecule has 0 saturated carbocycles. The zero-order chi connectivity index (χ0) is 13.7. The average molecular weight is 264 g/mol. The molecule has 1 aliphatic heterocycles. The number of anilines is 1. The molecule has 1 aliphatic rings. The number of rotatable bonds is 4. The fraction of sp³-hybridized carbons (Fsp3) is 0.571. The minimum Gasteiger partial charge on any atom is -0.462 e. The molecular weight excluding hydrogens is 244 g/mol. The largest absolute Gasteiger partial charge is 0.462 e. The molecule has 0 amide bonds. The summed E-state index contributed by atoms with van der Waals surface area (Å²) in [5.41, 5.74) is 0.492. The molecular formula is C14H20N2O3. The van der Waals surface area contributed by atoms with Crippen LogP contribution < -0.4 is 4.90 Å². The Labute approximate surface area is 113 Å². The Balaban J connectivity index is 2.03. The van der Waals surface area contributed by atoms with Gasteiger partial charge in [0.1, 0.15) is 5.82 Å².